The molecule has 0 saturated heterocycles. The predicted octanol–water partition coefficient (Wildman–Crippen LogP) is -1.37. The number of hydrogen-bond acceptors (Lipinski definition) is 0. The molecule has 44 valence electrons. The van der Waals surface area contributed by atoms with Crippen molar-refractivity contribution in [3.63, 3.8) is 0 Å². The van der Waals surface area contributed by atoms with Crippen molar-refractivity contribution in [1.29, 1.82) is 0 Å². The Morgan fingerprint density at radius 1 is 1.22 bits per heavy atom. The van der Waals surface area contributed by atoms with Crippen LogP contribution in [0.25, 0.3) is 0 Å². The Kier molecular flexibility index (Phi) is 8.49. The molecule has 0 saturated carbocycles. The first kappa shape index (κ1) is 12.0. The second-order valence-electron chi connectivity index (χ2n) is 1.22. The van der Waals surface area contributed by atoms with Gasteiger partial charge in [-0.2, -0.15) is 18.2 Å². The van der Waals surface area contributed by atoms with E-state index in [4.69, 9.17) is 0 Å². The molecule has 1 rings (SSSR count). The second-order valence-corrected chi connectivity index (χ2v) is 1.22. The van der Waals surface area contributed by atoms with Crippen LogP contribution in [0.2, 0.25) is 0 Å². The molecule has 0 radical (unpaired) electrons. The number of hydrogen-bond donors (Lipinski definition) is 0. The van der Waals surface area contributed by atoms with Gasteiger partial charge in [0.15, 0.2) is 0 Å². The standard InChI is InChI=1S/C6H4F.BrH.Zn/c7-6-4-2-1-3-5-6;;/h2-5H;1H;/q-1;;+2/p-1. The summed E-state index contributed by atoms with van der Waals surface area (Å²) in [5.41, 5.74) is 0. The quantitative estimate of drug-likeness (QED) is 0.388. The maximum absolute atomic E-state index is 11.9. The minimum atomic E-state index is -0.209. The molecule has 0 heterocycles. The van der Waals surface area contributed by atoms with Gasteiger partial charge in [0.1, 0.15) is 0 Å². The van der Waals surface area contributed by atoms with Gasteiger partial charge in [-0.15, -0.1) is 12.1 Å². The van der Waals surface area contributed by atoms with Crippen LogP contribution in [-0.4, -0.2) is 0 Å². The topological polar surface area (TPSA) is 0 Å². The van der Waals surface area contributed by atoms with Crippen LogP contribution in [0.5, 0.6) is 0 Å². The van der Waals surface area contributed by atoms with Crippen LogP contribution in [0.4, 0.5) is 4.39 Å². The van der Waals surface area contributed by atoms with E-state index >= 15 is 0 Å². The average Bonchev–Trinajstić information content (AvgIpc) is 1.69. The van der Waals surface area contributed by atoms with Crippen molar-refractivity contribution in [3.8, 4) is 0 Å². The van der Waals surface area contributed by atoms with Gasteiger partial charge in [0.2, 0.25) is 0 Å². The van der Waals surface area contributed by atoms with Crippen molar-refractivity contribution >= 4 is 0 Å². The van der Waals surface area contributed by atoms with Gasteiger partial charge in [0.05, 0.1) is 0 Å². The third kappa shape index (κ3) is 4.74. The molecule has 0 N–H and O–H groups in total. The van der Waals surface area contributed by atoms with E-state index in [1.54, 1.807) is 0 Å². The van der Waals surface area contributed by atoms with Crippen LogP contribution in [-0.2, 0) is 19.5 Å². The Morgan fingerprint density at radius 2 is 1.67 bits per heavy atom. The Labute approximate surface area is 77.0 Å². The van der Waals surface area contributed by atoms with E-state index in [0.29, 0.717) is 0 Å². The van der Waals surface area contributed by atoms with Gasteiger partial charge in [0.25, 0.3) is 0 Å². The summed E-state index contributed by atoms with van der Waals surface area (Å²) in [4.78, 5) is 0. The summed E-state index contributed by atoms with van der Waals surface area (Å²) in [6.07, 6.45) is 0. The third-order valence-corrected chi connectivity index (χ3v) is 0.678. The molecule has 0 bridgehead atoms. The zero-order valence-corrected chi connectivity index (χ0v) is 9.33. The van der Waals surface area contributed by atoms with Crippen LogP contribution >= 0.6 is 0 Å². The SMILES string of the molecule is Fc1cc[c-]cc1.[Br-].[Zn+2]. The summed E-state index contributed by atoms with van der Waals surface area (Å²) >= 11 is 0. The third-order valence-electron chi connectivity index (χ3n) is 0.678. The molecular formula is C6H4BrFZn. The Morgan fingerprint density at radius 3 is 1.89 bits per heavy atom. The van der Waals surface area contributed by atoms with E-state index in [1.807, 2.05) is 0 Å². The molecule has 3 heteroatoms. The molecule has 0 aliphatic carbocycles. The summed E-state index contributed by atoms with van der Waals surface area (Å²) in [5.74, 6) is -0.209. The van der Waals surface area contributed by atoms with E-state index in [1.165, 1.54) is 24.3 Å². The monoisotopic (exact) mass is 238 g/mol. The smallest absolute Gasteiger partial charge is 1.00 e. The molecule has 0 aromatic heterocycles. The zero-order chi connectivity index (χ0) is 5.11. The molecule has 0 nitrogen and oxygen atoms in total. The van der Waals surface area contributed by atoms with E-state index in [0.717, 1.165) is 0 Å². The molecule has 0 atom stereocenters. The van der Waals surface area contributed by atoms with Gasteiger partial charge < -0.3 is 17.0 Å². The molecule has 0 aliphatic heterocycles. The summed E-state index contributed by atoms with van der Waals surface area (Å²) in [5, 5.41) is 0. The van der Waals surface area contributed by atoms with Crippen molar-refractivity contribution in [2.24, 2.45) is 0 Å². The fourth-order valence-electron chi connectivity index (χ4n) is 0.367. The van der Waals surface area contributed by atoms with E-state index in [9.17, 15) is 4.39 Å². The minimum Gasteiger partial charge on any atom is -1.00 e. The van der Waals surface area contributed by atoms with Gasteiger partial charge >= 0.3 is 19.5 Å². The van der Waals surface area contributed by atoms with Crippen LogP contribution in [0.3, 0.4) is 0 Å². The maximum atomic E-state index is 11.9. The molecule has 9 heavy (non-hydrogen) atoms. The first-order valence-corrected chi connectivity index (χ1v) is 2.01. The average molecular weight is 240 g/mol. The number of halogens is 2. The maximum Gasteiger partial charge on any atom is 2.00 e. The van der Waals surface area contributed by atoms with Crippen molar-refractivity contribution in [3.05, 3.63) is 36.1 Å². The van der Waals surface area contributed by atoms with Gasteiger partial charge in [-0.25, -0.2) is 4.39 Å². The molecule has 1 aromatic carbocycles. The van der Waals surface area contributed by atoms with Crippen LogP contribution in [0, 0.1) is 11.9 Å². The van der Waals surface area contributed by atoms with Gasteiger partial charge in [0, 0.05) is 5.82 Å². The molecular weight excluding hydrogens is 236 g/mol. The molecule has 1 aromatic rings. The predicted molar refractivity (Wildman–Crippen MR) is 25.2 cm³/mol. The van der Waals surface area contributed by atoms with Gasteiger partial charge in [-0.1, -0.05) is 0 Å². The first-order chi connectivity index (χ1) is 3.39. The summed E-state index contributed by atoms with van der Waals surface area (Å²) < 4.78 is 11.9. The van der Waals surface area contributed by atoms with Crippen molar-refractivity contribution in [1.82, 2.24) is 0 Å². The zero-order valence-electron chi connectivity index (χ0n) is 4.77. The largest absolute Gasteiger partial charge is 2.00 e. The van der Waals surface area contributed by atoms with Crippen molar-refractivity contribution in [2.75, 3.05) is 0 Å². The molecule has 0 unspecified atom stereocenters. The second kappa shape index (κ2) is 6.37. The fraction of sp³-hybridized carbons (Fsp3) is 0. The summed E-state index contributed by atoms with van der Waals surface area (Å²) in [6.45, 7) is 0. The normalized spacial score (nSPS) is 6.78. The first-order valence-electron chi connectivity index (χ1n) is 2.01. The van der Waals surface area contributed by atoms with E-state index in [2.05, 4.69) is 6.07 Å². The molecule has 0 spiro atoms. The Bertz CT molecular complexity index is 143. The summed E-state index contributed by atoms with van der Waals surface area (Å²) in [7, 11) is 0. The van der Waals surface area contributed by atoms with Crippen LogP contribution in [0.15, 0.2) is 24.3 Å². The minimum absolute atomic E-state index is 0. The summed E-state index contributed by atoms with van der Waals surface area (Å²) in [6, 6.07) is 8.49. The van der Waals surface area contributed by atoms with Crippen LogP contribution < -0.4 is 17.0 Å². The van der Waals surface area contributed by atoms with Gasteiger partial charge in [-0.3, -0.25) is 0 Å². The molecule has 0 fully saturated rings. The number of benzene rings is 1. The van der Waals surface area contributed by atoms with Crippen molar-refractivity contribution < 1.29 is 40.8 Å². The fourth-order valence-corrected chi connectivity index (χ4v) is 0.367. The molecule has 0 aliphatic rings. The van der Waals surface area contributed by atoms with E-state index < -0.39 is 0 Å². The Hall–Kier alpha value is 0.253. The van der Waals surface area contributed by atoms with Crippen molar-refractivity contribution in [2.45, 2.75) is 0 Å². The van der Waals surface area contributed by atoms with Gasteiger partial charge in [-0.05, 0) is 0 Å². The Balaban J connectivity index is 0. The number of rotatable bonds is 0. The van der Waals surface area contributed by atoms with Crippen LogP contribution in [0.1, 0.15) is 0 Å². The molecule has 0 amide bonds. The van der Waals surface area contributed by atoms with E-state index in [-0.39, 0.29) is 42.3 Å².